The molecule has 2 nitrogen and oxygen atoms in total. The minimum absolute atomic E-state index is 0.0203. The van der Waals surface area contributed by atoms with Gasteiger partial charge in [-0.1, -0.05) is 5.92 Å². The van der Waals surface area contributed by atoms with E-state index in [9.17, 15) is 0 Å². The van der Waals surface area contributed by atoms with E-state index in [0.29, 0.717) is 5.92 Å². The van der Waals surface area contributed by atoms with Crippen LogP contribution in [0.5, 0.6) is 0 Å². The van der Waals surface area contributed by atoms with Gasteiger partial charge in [0.25, 0.3) is 0 Å². The third-order valence-electron chi connectivity index (χ3n) is 1.62. The summed E-state index contributed by atoms with van der Waals surface area (Å²) >= 11 is 0. The van der Waals surface area contributed by atoms with Crippen LogP contribution in [-0.2, 0) is 4.74 Å². The first-order valence-electron chi connectivity index (χ1n) is 3.58. The zero-order valence-electron chi connectivity index (χ0n) is 5.97. The lowest BCUT2D eigenvalue weighted by molar-refractivity contribution is 0.186. The van der Waals surface area contributed by atoms with E-state index < -0.39 is 0 Å². The van der Waals surface area contributed by atoms with Gasteiger partial charge in [-0.25, -0.2) is 0 Å². The summed E-state index contributed by atoms with van der Waals surface area (Å²) in [6.45, 7) is 1.71. The fraction of sp³-hybridized carbons (Fsp3) is 0.750. The van der Waals surface area contributed by atoms with Crippen molar-refractivity contribution in [1.29, 1.82) is 0 Å². The number of hydrogen-bond donors (Lipinski definition) is 1. The molecule has 0 spiro atoms. The highest BCUT2D eigenvalue weighted by Gasteiger charge is 2.13. The first-order chi connectivity index (χ1) is 4.93. The van der Waals surface area contributed by atoms with E-state index >= 15 is 0 Å². The van der Waals surface area contributed by atoms with Crippen molar-refractivity contribution in [3.63, 3.8) is 0 Å². The SMILES string of the molecule is OCC#CCC1CCOC1. The number of hydrogen-bond acceptors (Lipinski definition) is 2. The second-order valence-electron chi connectivity index (χ2n) is 2.45. The summed E-state index contributed by atoms with van der Waals surface area (Å²) in [5.41, 5.74) is 0. The smallest absolute Gasteiger partial charge is 0.104 e. The average Bonchev–Trinajstić information content (AvgIpc) is 2.41. The van der Waals surface area contributed by atoms with Gasteiger partial charge in [-0.15, -0.1) is 5.92 Å². The highest BCUT2D eigenvalue weighted by atomic mass is 16.5. The third kappa shape index (κ3) is 2.38. The molecule has 1 heterocycles. The quantitative estimate of drug-likeness (QED) is 0.534. The first-order valence-corrected chi connectivity index (χ1v) is 3.58. The molecule has 0 aromatic heterocycles. The van der Waals surface area contributed by atoms with Gasteiger partial charge >= 0.3 is 0 Å². The van der Waals surface area contributed by atoms with Gasteiger partial charge in [-0.05, 0) is 12.3 Å². The van der Waals surface area contributed by atoms with Crippen LogP contribution in [0, 0.1) is 17.8 Å². The number of ether oxygens (including phenoxy) is 1. The molecule has 1 aliphatic heterocycles. The van der Waals surface area contributed by atoms with E-state index in [0.717, 1.165) is 26.1 Å². The molecule has 1 rings (SSSR count). The minimum atomic E-state index is -0.0203. The van der Waals surface area contributed by atoms with Crippen LogP contribution in [0.1, 0.15) is 12.8 Å². The van der Waals surface area contributed by atoms with Crippen molar-refractivity contribution in [1.82, 2.24) is 0 Å². The monoisotopic (exact) mass is 140 g/mol. The molecule has 0 aromatic carbocycles. The Morgan fingerprint density at radius 3 is 3.00 bits per heavy atom. The Bertz CT molecular complexity index is 137. The Hall–Kier alpha value is -0.520. The highest BCUT2D eigenvalue weighted by molar-refractivity contribution is 5.00. The van der Waals surface area contributed by atoms with E-state index in [4.69, 9.17) is 9.84 Å². The lowest BCUT2D eigenvalue weighted by Crippen LogP contribution is -1.96. The maximum Gasteiger partial charge on any atom is 0.104 e. The molecule has 1 atom stereocenters. The number of aliphatic hydroxyl groups excluding tert-OH is 1. The third-order valence-corrected chi connectivity index (χ3v) is 1.62. The summed E-state index contributed by atoms with van der Waals surface area (Å²) in [6.07, 6.45) is 2.00. The molecule has 0 saturated carbocycles. The van der Waals surface area contributed by atoms with Gasteiger partial charge in [0.1, 0.15) is 6.61 Å². The molecule has 1 unspecified atom stereocenters. The van der Waals surface area contributed by atoms with Crippen LogP contribution in [0.3, 0.4) is 0 Å². The summed E-state index contributed by atoms with van der Waals surface area (Å²) in [6, 6.07) is 0. The maximum atomic E-state index is 8.34. The fourth-order valence-electron chi connectivity index (χ4n) is 1.02. The molecule has 1 N–H and O–H groups in total. The van der Waals surface area contributed by atoms with Crippen molar-refractivity contribution >= 4 is 0 Å². The minimum Gasteiger partial charge on any atom is -0.384 e. The summed E-state index contributed by atoms with van der Waals surface area (Å²) in [7, 11) is 0. The van der Waals surface area contributed by atoms with Crippen molar-refractivity contribution in [2.24, 2.45) is 5.92 Å². The molecule has 0 aliphatic carbocycles. The summed E-state index contributed by atoms with van der Waals surface area (Å²) < 4.78 is 5.16. The van der Waals surface area contributed by atoms with Gasteiger partial charge in [0.05, 0.1) is 6.61 Å². The molecule has 2 heteroatoms. The van der Waals surface area contributed by atoms with Crippen molar-refractivity contribution < 1.29 is 9.84 Å². The predicted octanol–water partition coefficient (Wildman–Crippen LogP) is 0.409. The average molecular weight is 140 g/mol. The first kappa shape index (κ1) is 7.59. The van der Waals surface area contributed by atoms with Gasteiger partial charge < -0.3 is 9.84 Å². The largest absolute Gasteiger partial charge is 0.384 e. The Balaban J connectivity index is 2.12. The van der Waals surface area contributed by atoms with E-state index in [1.54, 1.807) is 0 Å². The molecule has 1 fully saturated rings. The van der Waals surface area contributed by atoms with Gasteiger partial charge in [0.2, 0.25) is 0 Å². The number of aliphatic hydroxyl groups is 1. The Morgan fingerprint density at radius 1 is 1.50 bits per heavy atom. The Morgan fingerprint density at radius 2 is 2.40 bits per heavy atom. The van der Waals surface area contributed by atoms with Crippen LogP contribution in [0.4, 0.5) is 0 Å². The number of rotatable bonds is 1. The molecule has 1 saturated heterocycles. The van der Waals surface area contributed by atoms with Gasteiger partial charge in [0, 0.05) is 13.0 Å². The van der Waals surface area contributed by atoms with Crippen LogP contribution in [0.2, 0.25) is 0 Å². The molecule has 10 heavy (non-hydrogen) atoms. The molecule has 0 aromatic rings. The van der Waals surface area contributed by atoms with E-state index in [2.05, 4.69) is 11.8 Å². The summed E-state index contributed by atoms with van der Waals surface area (Å²) in [5.74, 6) is 6.13. The molecule has 56 valence electrons. The van der Waals surface area contributed by atoms with Gasteiger partial charge in [-0.3, -0.25) is 0 Å². The van der Waals surface area contributed by atoms with E-state index in [1.165, 1.54) is 0 Å². The molecule has 0 amide bonds. The van der Waals surface area contributed by atoms with Crippen molar-refractivity contribution in [2.45, 2.75) is 12.8 Å². The van der Waals surface area contributed by atoms with E-state index in [1.807, 2.05) is 0 Å². The second kappa shape index (κ2) is 4.32. The predicted molar refractivity (Wildman–Crippen MR) is 38.4 cm³/mol. The summed E-state index contributed by atoms with van der Waals surface area (Å²) in [4.78, 5) is 0. The van der Waals surface area contributed by atoms with Crippen molar-refractivity contribution in [3.8, 4) is 11.8 Å². The fourth-order valence-corrected chi connectivity index (χ4v) is 1.02. The lowest BCUT2D eigenvalue weighted by atomic mass is 10.1. The van der Waals surface area contributed by atoms with Crippen LogP contribution < -0.4 is 0 Å². The summed E-state index contributed by atoms with van der Waals surface area (Å²) in [5, 5.41) is 8.34. The molecule has 1 aliphatic rings. The van der Waals surface area contributed by atoms with Gasteiger partial charge in [0.15, 0.2) is 0 Å². The standard InChI is InChI=1S/C8H12O2/c9-5-2-1-3-8-4-6-10-7-8/h8-9H,3-7H2. The molecule has 0 bridgehead atoms. The maximum absolute atomic E-state index is 8.34. The Labute approximate surface area is 61.2 Å². The molecular weight excluding hydrogens is 128 g/mol. The topological polar surface area (TPSA) is 29.5 Å². The van der Waals surface area contributed by atoms with E-state index in [-0.39, 0.29) is 6.61 Å². The second-order valence-corrected chi connectivity index (χ2v) is 2.45. The van der Waals surface area contributed by atoms with Crippen LogP contribution >= 0.6 is 0 Å². The molecular formula is C8H12O2. The van der Waals surface area contributed by atoms with Gasteiger partial charge in [-0.2, -0.15) is 0 Å². The zero-order valence-corrected chi connectivity index (χ0v) is 5.97. The van der Waals surface area contributed by atoms with Crippen molar-refractivity contribution in [2.75, 3.05) is 19.8 Å². The van der Waals surface area contributed by atoms with Crippen LogP contribution in [0.15, 0.2) is 0 Å². The normalized spacial score (nSPS) is 23.9. The lowest BCUT2D eigenvalue weighted by Gasteiger charge is -1.97. The highest BCUT2D eigenvalue weighted by Crippen LogP contribution is 2.14. The van der Waals surface area contributed by atoms with Crippen LogP contribution in [0.25, 0.3) is 0 Å². The molecule has 0 radical (unpaired) electrons. The Kier molecular flexibility index (Phi) is 3.28. The van der Waals surface area contributed by atoms with Crippen LogP contribution in [-0.4, -0.2) is 24.9 Å². The van der Waals surface area contributed by atoms with Crippen molar-refractivity contribution in [3.05, 3.63) is 0 Å². The zero-order chi connectivity index (χ0) is 7.23.